The maximum atomic E-state index is 4.11. The highest BCUT2D eigenvalue weighted by Crippen LogP contribution is 2.08. The first kappa shape index (κ1) is 18.8. The van der Waals surface area contributed by atoms with Gasteiger partial charge in [-0.25, -0.2) is 0 Å². The van der Waals surface area contributed by atoms with Gasteiger partial charge in [0.05, 0.1) is 10.9 Å². The third kappa shape index (κ3) is 5.04. The summed E-state index contributed by atoms with van der Waals surface area (Å²) >= 11 is 0. The van der Waals surface area contributed by atoms with Crippen LogP contribution >= 0.6 is 0 Å². The van der Waals surface area contributed by atoms with Crippen LogP contribution in [-0.4, -0.2) is 32.0 Å². The molecule has 0 spiro atoms. The number of hydrogen-bond acceptors (Lipinski definition) is 4. The fraction of sp³-hybridized carbons (Fsp3) is 0.0455. The molecule has 0 atom stereocenters. The van der Waals surface area contributed by atoms with Crippen molar-refractivity contribution in [2.75, 3.05) is 7.05 Å². The van der Waals surface area contributed by atoms with Gasteiger partial charge in [0.2, 0.25) is 0 Å². The average Bonchev–Trinajstić information content (AvgIpc) is 3.40. The number of aromatic nitrogens is 5. The van der Waals surface area contributed by atoms with Crippen LogP contribution in [0.5, 0.6) is 0 Å². The van der Waals surface area contributed by atoms with Crippen molar-refractivity contribution < 1.29 is 0 Å². The van der Waals surface area contributed by atoms with E-state index in [-0.39, 0.29) is 0 Å². The second kappa shape index (κ2) is 9.68. The van der Waals surface area contributed by atoms with Gasteiger partial charge in [-0.3, -0.25) is 15.0 Å². The monoisotopic (exact) mass is 370 g/mol. The molecule has 0 radical (unpaired) electrons. The average molecular weight is 370 g/mol. The number of nitrogens with zero attached hydrogens (tertiary/aromatic N) is 3. The van der Waals surface area contributed by atoms with Crippen molar-refractivity contribution in [2.45, 2.75) is 0 Å². The van der Waals surface area contributed by atoms with Crippen molar-refractivity contribution in [1.82, 2.24) is 30.2 Å². The smallest absolute Gasteiger partial charge is 0.0876 e. The van der Waals surface area contributed by atoms with Crippen LogP contribution in [0.2, 0.25) is 0 Å². The molecule has 0 fully saturated rings. The van der Waals surface area contributed by atoms with E-state index in [0.29, 0.717) is 0 Å². The lowest BCUT2D eigenvalue weighted by atomic mass is 10.3. The molecule has 0 aromatic carbocycles. The van der Waals surface area contributed by atoms with Gasteiger partial charge in [0.15, 0.2) is 0 Å². The highest BCUT2D eigenvalue weighted by molar-refractivity contribution is 5.80. The second-order valence-corrected chi connectivity index (χ2v) is 5.87. The molecule has 5 aromatic heterocycles. The maximum absolute atomic E-state index is 4.11. The third-order valence-electron chi connectivity index (χ3n) is 3.92. The van der Waals surface area contributed by atoms with Gasteiger partial charge in [-0.05, 0) is 30.3 Å². The van der Waals surface area contributed by atoms with Crippen LogP contribution in [0.25, 0.3) is 34.5 Å². The van der Waals surface area contributed by atoms with E-state index in [2.05, 4.69) is 36.8 Å². The number of H-pyrrole nitrogens is 2. The zero-order chi connectivity index (χ0) is 19.6. The predicted molar refractivity (Wildman–Crippen MR) is 115 cm³/mol. The van der Waals surface area contributed by atoms with E-state index in [9.17, 15) is 0 Å². The molecule has 5 rings (SSSR count). The summed E-state index contributed by atoms with van der Waals surface area (Å²) in [4.78, 5) is 18.1. The first-order chi connectivity index (χ1) is 13.8. The SMILES string of the molecule is C=c1nccc/c1=C/NC.c1cc2c[nH]cc2cn1.c1cnc2c[nH]cc2c1. The summed E-state index contributed by atoms with van der Waals surface area (Å²) in [6, 6.07) is 9.78. The Morgan fingerprint density at radius 2 is 1.61 bits per heavy atom. The van der Waals surface area contributed by atoms with Crippen molar-refractivity contribution in [3.63, 3.8) is 0 Å². The van der Waals surface area contributed by atoms with Crippen LogP contribution in [0.1, 0.15) is 0 Å². The van der Waals surface area contributed by atoms with E-state index in [0.717, 1.165) is 26.9 Å². The number of aromatic amines is 2. The van der Waals surface area contributed by atoms with Gasteiger partial charge in [-0.15, -0.1) is 0 Å². The van der Waals surface area contributed by atoms with E-state index in [4.69, 9.17) is 0 Å². The summed E-state index contributed by atoms with van der Waals surface area (Å²) in [5.74, 6) is 0. The zero-order valence-corrected chi connectivity index (χ0v) is 15.6. The molecular formula is C22H22N6. The summed E-state index contributed by atoms with van der Waals surface area (Å²) in [5.41, 5.74) is 1.03. The molecule has 0 amide bonds. The molecule has 140 valence electrons. The van der Waals surface area contributed by atoms with Crippen LogP contribution in [0.4, 0.5) is 0 Å². The van der Waals surface area contributed by atoms with E-state index in [1.807, 2.05) is 74.6 Å². The molecule has 5 heterocycles. The fourth-order valence-corrected chi connectivity index (χ4v) is 2.51. The minimum atomic E-state index is 0.803. The van der Waals surface area contributed by atoms with E-state index in [1.165, 1.54) is 5.39 Å². The van der Waals surface area contributed by atoms with Crippen molar-refractivity contribution >= 4 is 34.5 Å². The summed E-state index contributed by atoms with van der Waals surface area (Å²) in [5, 5.41) is 8.30. The largest absolute Gasteiger partial charge is 0.393 e. The molecule has 0 saturated heterocycles. The Morgan fingerprint density at radius 1 is 0.857 bits per heavy atom. The number of hydrogen-bond donors (Lipinski definition) is 3. The lowest BCUT2D eigenvalue weighted by molar-refractivity contribution is 1.15. The molecular weight excluding hydrogens is 348 g/mol. The molecule has 0 aliphatic rings. The molecule has 0 aliphatic carbocycles. The van der Waals surface area contributed by atoms with Gasteiger partial charge in [0, 0.05) is 84.2 Å². The van der Waals surface area contributed by atoms with Crippen LogP contribution in [-0.2, 0) is 0 Å². The van der Waals surface area contributed by atoms with Crippen LogP contribution < -0.4 is 15.9 Å². The molecule has 3 N–H and O–H groups in total. The molecule has 6 nitrogen and oxygen atoms in total. The molecule has 0 saturated carbocycles. The first-order valence-electron chi connectivity index (χ1n) is 8.79. The van der Waals surface area contributed by atoms with E-state index in [1.54, 1.807) is 18.6 Å². The molecule has 0 aliphatic heterocycles. The second-order valence-electron chi connectivity index (χ2n) is 5.87. The van der Waals surface area contributed by atoms with Gasteiger partial charge in [-0.2, -0.15) is 0 Å². The van der Waals surface area contributed by atoms with E-state index < -0.39 is 0 Å². The van der Waals surface area contributed by atoms with Crippen molar-refractivity contribution in [3.05, 3.63) is 90.5 Å². The molecule has 6 heteroatoms. The summed E-state index contributed by atoms with van der Waals surface area (Å²) in [7, 11) is 1.85. The minimum Gasteiger partial charge on any atom is -0.393 e. The van der Waals surface area contributed by atoms with Crippen molar-refractivity contribution in [1.29, 1.82) is 0 Å². The Morgan fingerprint density at radius 3 is 2.39 bits per heavy atom. The summed E-state index contributed by atoms with van der Waals surface area (Å²) < 4.78 is 0. The zero-order valence-electron chi connectivity index (χ0n) is 15.6. The van der Waals surface area contributed by atoms with Gasteiger partial charge < -0.3 is 15.3 Å². The topological polar surface area (TPSA) is 82.3 Å². The number of nitrogens with one attached hydrogen (secondary N) is 3. The normalized spacial score (nSPS) is 10.7. The highest BCUT2D eigenvalue weighted by Gasteiger charge is 1.89. The standard InChI is InChI=1S/C8H10N2.2C7H6N2/c1-7-8(6-9-2)4-3-5-10-7;1-2-8-4-7-5-9-3-6(1)7;1-2-6-4-8-5-7(6)9-3-1/h3-6,9H,1H2,2H3;1-5,9H;1-5,8H/b8-6-;;. The Balaban J connectivity index is 0.000000121. The fourth-order valence-electron chi connectivity index (χ4n) is 2.51. The summed E-state index contributed by atoms with van der Waals surface area (Å²) in [6.07, 6.45) is 16.7. The van der Waals surface area contributed by atoms with Gasteiger partial charge in [0.1, 0.15) is 0 Å². The Hall–Kier alpha value is -3.93. The lowest BCUT2D eigenvalue weighted by Crippen LogP contribution is -2.27. The predicted octanol–water partition coefficient (Wildman–Crippen LogP) is 2.58. The van der Waals surface area contributed by atoms with E-state index >= 15 is 0 Å². The van der Waals surface area contributed by atoms with Crippen molar-refractivity contribution in [2.24, 2.45) is 0 Å². The van der Waals surface area contributed by atoms with Crippen LogP contribution in [0.3, 0.4) is 0 Å². The number of fused-ring (bicyclic) bond motifs is 2. The minimum absolute atomic E-state index is 0.803. The quantitative estimate of drug-likeness (QED) is 0.424. The molecule has 5 aromatic rings. The van der Waals surface area contributed by atoms with Gasteiger partial charge in [-0.1, -0.05) is 6.58 Å². The van der Waals surface area contributed by atoms with Crippen LogP contribution in [0.15, 0.2) is 79.9 Å². The van der Waals surface area contributed by atoms with Gasteiger partial charge in [0.25, 0.3) is 0 Å². The Bertz CT molecular complexity index is 1110. The lowest BCUT2D eigenvalue weighted by Gasteiger charge is -1.86. The maximum Gasteiger partial charge on any atom is 0.0876 e. The van der Waals surface area contributed by atoms with Crippen molar-refractivity contribution in [3.8, 4) is 0 Å². The Labute approximate surface area is 162 Å². The highest BCUT2D eigenvalue weighted by atomic mass is 14.8. The Kier molecular flexibility index (Phi) is 6.52. The molecule has 0 unspecified atom stereocenters. The summed E-state index contributed by atoms with van der Waals surface area (Å²) in [6.45, 7) is 3.76. The number of rotatable bonds is 1. The van der Waals surface area contributed by atoms with Gasteiger partial charge >= 0.3 is 0 Å². The first-order valence-corrected chi connectivity index (χ1v) is 8.79. The van der Waals surface area contributed by atoms with Crippen LogP contribution in [0, 0.1) is 0 Å². The molecule has 28 heavy (non-hydrogen) atoms. The number of pyridine rings is 3. The molecule has 0 bridgehead atoms. The third-order valence-corrected chi connectivity index (χ3v) is 3.92.